The van der Waals surface area contributed by atoms with Gasteiger partial charge in [0.15, 0.2) is 5.96 Å². The highest BCUT2D eigenvalue weighted by Gasteiger charge is 2.14. The Morgan fingerprint density at radius 2 is 1.83 bits per heavy atom. The van der Waals surface area contributed by atoms with E-state index in [1.807, 2.05) is 7.05 Å². The Labute approximate surface area is 183 Å². The first-order chi connectivity index (χ1) is 14.6. The monoisotopic (exact) mass is 418 g/mol. The number of ether oxygens (including phenoxy) is 2. The summed E-state index contributed by atoms with van der Waals surface area (Å²) < 4.78 is 11.4. The zero-order valence-corrected chi connectivity index (χ0v) is 19.5. The minimum atomic E-state index is 0.337. The van der Waals surface area contributed by atoms with Crippen molar-refractivity contribution in [1.82, 2.24) is 15.5 Å². The third-order valence-electron chi connectivity index (χ3n) is 5.75. The van der Waals surface area contributed by atoms with Crippen molar-refractivity contribution in [2.45, 2.75) is 71.8 Å². The lowest BCUT2D eigenvalue weighted by Crippen LogP contribution is -2.42. The molecule has 0 saturated carbocycles. The van der Waals surface area contributed by atoms with Gasteiger partial charge < -0.3 is 25.0 Å². The van der Waals surface area contributed by atoms with Gasteiger partial charge in [-0.3, -0.25) is 4.99 Å². The fraction of sp³-hybridized carbons (Fsp3) is 0.708. The summed E-state index contributed by atoms with van der Waals surface area (Å²) >= 11 is 0. The van der Waals surface area contributed by atoms with Gasteiger partial charge in [-0.25, -0.2) is 0 Å². The normalized spacial score (nSPS) is 16.6. The van der Waals surface area contributed by atoms with Gasteiger partial charge in [0.1, 0.15) is 0 Å². The molecule has 1 heterocycles. The van der Waals surface area contributed by atoms with Gasteiger partial charge in [0.2, 0.25) is 0 Å². The van der Waals surface area contributed by atoms with Crippen LogP contribution in [0.5, 0.6) is 0 Å². The molecular formula is C24H42N4O2. The number of nitrogens with zero attached hydrogens (tertiary/aromatic N) is 2. The Morgan fingerprint density at radius 3 is 2.47 bits per heavy atom. The maximum absolute atomic E-state index is 6.00. The number of aliphatic imine (C=N–C) groups is 1. The number of rotatable bonds is 12. The minimum absolute atomic E-state index is 0.337. The first-order valence-electron chi connectivity index (χ1n) is 11.6. The fourth-order valence-corrected chi connectivity index (χ4v) is 3.66. The van der Waals surface area contributed by atoms with E-state index in [0.29, 0.717) is 18.8 Å². The molecular weight excluding hydrogens is 376 g/mol. The van der Waals surface area contributed by atoms with Crippen LogP contribution in [0.25, 0.3) is 0 Å². The van der Waals surface area contributed by atoms with E-state index in [1.165, 1.54) is 17.5 Å². The summed E-state index contributed by atoms with van der Waals surface area (Å²) in [6, 6.07) is 9.04. The summed E-state index contributed by atoms with van der Waals surface area (Å²) in [5.74, 6) is 0.859. The summed E-state index contributed by atoms with van der Waals surface area (Å²) in [7, 11) is 1.83. The first kappa shape index (κ1) is 24.6. The number of guanidine groups is 1. The molecule has 1 saturated heterocycles. The molecule has 1 aliphatic rings. The third-order valence-corrected chi connectivity index (χ3v) is 5.75. The van der Waals surface area contributed by atoms with E-state index in [0.717, 1.165) is 64.6 Å². The fourth-order valence-electron chi connectivity index (χ4n) is 3.66. The molecule has 30 heavy (non-hydrogen) atoms. The zero-order valence-electron chi connectivity index (χ0n) is 19.5. The number of hydrogen-bond donors (Lipinski definition) is 2. The van der Waals surface area contributed by atoms with Crippen LogP contribution < -0.4 is 10.6 Å². The molecule has 0 amide bonds. The Hall–Kier alpha value is -1.63. The van der Waals surface area contributed by atoms with Crippen molar-refractivity contribution in [3.8, 4) is 0 Å². The van der Waals surface area contributed by atoms with Gasteiger partial charge in [-0.05, 0) is 63.4 Å². The van der Waals surface area contributed by atoms with Crippen molar-refractivity contribution >= 4 is 5.96 Å². The molecule has 1 aromatic carbocycles. The Balaban J connectivity index is 1.67. The van der Waals surface area contributed by atoms with Crippen molar-refractivity contribution in [1.29, 1.82) is 0 Å². The van der Waals surface area contributed by atoms with E-state index in [-0.39, 0.29) is 0 Å². The molecule has 1 aliphatic heterocycles. The molecule has 1 unspecified atom stereocenters. The van der Waals surface area contributed by atoms with E-state index in [4.69, 9.17) is 9.47 Å². The molecule has 170 valence electrons. The summed E-state index contributed by atoms with van der Waals surface area (Å²) in [6.07, 6.45) is 4.68. The van der Waals surface area contributed by atoms with Crippen LogP contribution in [0.2, 0.25) is 0 Å². The zero-order chi connectivity index (χ0) is 21.6. The average molecular weight is 419 g/mol. The number of benzene rings is 1. The van der Waals surface area contributed by atoms with Crippen LogP contribution in [0.3, 0.4) is 0 Å². The van der Waals surface area contributed by atoms with E-state index in [1.54, 1.807) is 0 Å². The van der Waals surface area contributed by atoms with Crippen molar-refractivity contribution in [3.63, 3.8) is 0 Å². The van der Waals surface area contributed by atoms with E-state index in [9.17, 15) is 0 Å². The molecule has 1 atom stereocenters. The predicted octanol–water partition coefficient (Wildman–Crippen LogP) is 3.56. The van der Waals surface area contributed by atoms with Gasteiger partial charge in [-0.1, -0.05) is 38.1 Å². The molecule has 1 fully saturated rings. The SMILES string of the molecule is CCN(CC)CCCC(C)NC(=NC)NCc1ccc(COC2CCOCC2)cc1. The van der Waals surface area contributed by atoms with Gasteiger partial charge in [-0.15, -0.1) is 0 Å². The average Bonchev–Trinajstić information content (AvgIpc) is 2.79. The predicted molar refractivity (Wildman–Crippen MR) is 125 cm³/mol. The quantitative estimate of drug-likeness (QED) is 0.402. The summed E-state index contributed by atoms with van der Waals surface area (Å²) in [5, 5.41) is 6.93. The van der Waals surface area contributed by atoms with Crippen LogP contribution >= 0.6 is 0 Å². The smallest absolute Gasteiger partial charge is 0.191 e. The van der Waals surface area contributed by atoms with E-state index >= 15 is 0 Å². The highest BCUT2D eigenvalue weighted by Crippen LogP contribution is 2.14. The largest absolute Gasteiger partial charge is 0.381 e. The lowest BCUT2D eigenvalue weighted by molar-refractivity contribution is -0.0390. The summed E-state index contributed by atoms with van der Waals surface area (Å²) in [6.45, 7) is 13.2. The standard InChI is InChI=1S/C24H42N4O2/c1-5-28(6-2)15-7-8-20(3)27-24(25-4)26-18-21-9-11-22(12-10-21)19-30-23-13-16-29-17-14-23/h9-12,20,23H,5-8,13-19H2,1-4H3,(H2,25,26,27). The lowest BCUT2D eigenvalue weighted by Gasteiger charge is -2.22. The topological polar surface area (TPSA) is 58.1 Å². The second-order valence-electron chi connectivity index (χ2n) is 8.08. The maximum atomic E-state index is 6.00. The Morgan fingerprint density at radius 1 is 1.17 bits per heavy atom. The first-order valence-corrected chi connectivity index (χ1v) is 11.6. The van der Waals surface area contributed by atoms with Crippen molar-refractivity contribution in [2.75, 3.05) is 39.9 Å². The van der Waals surface area contributed by atoms with Gasteiger partial charge in [-0.2, -0.15) is 0 Å². The van der Waals surface area contributed by atoms with Crippen LogP contribution in [-0.2, 0) is 22.6 Å². The summed E-state index contributed by atoms with van der Waals surface area (Å²) in [4.78, 5) is 6.84. The van der Waals surface area contributed by atoms with Crippen LogP contribution in [0.4, 0.5) is 0 Å². The Bertz CT molecular complexity index is 596. The van der Waals surface area contributed by atoms with Crippen LogP contribution in [0, 0.1) is 0 Å². The molecule has 1 aromatic rings. The van der Waals surface area contributed by atoms with E-state index in [2.05, 4.69) is 65.6 Å². The van der Waals surface area contributed by atoms with Crippen LogP contribution in [0.1, 0.15) is 57.6 Å². The van der Waals surface area contributed by atoms with E-state index < -0.39 is 0 Å². The number of hydrogen-bond acceptors (Lipinski definition) is 4. The maximum Gasteiger partial charge on any atom is 0.191 e. The number of nitrogens with one attached hydrogen (secondary N) is 2. The van der Waals surface area contributed by atoms with Crippen LogP contribution in [0.15, 0.2) is 29.3 Å². The van der Waals surface area contributed by atoms with Crippen molar-refractivity contribution in [2.24, 2.45) is 4.99 Å². The molecule has 2 N–H and O–H groups in total. The second-order valence-corrected chi connectivity index (χ2v) is 8.08. The highest BCUT2D eigenvalue weighted by molar-refractivity contribution is 5.79. The van der Waals surface area contributed by atoms with Gasteiger partial charge in [0.05, 0.1) is 12.7 Å². The molecule has 2 rings (SSSR count). The summed E-state index contributed by atoms with van der Waals surface area (Å²) in [5.41, 5.74) is 2.46. The molecule has 6 heteroatoms. The molecule has 6 nitrogen and oxygen atoms in total. The third kappa shape index (κ3) is 9.45. The van der Waals surface area contributed by atoms with Crippen molar-refractivity contribution in [3.05, 3.63) is 35.4 Å². The minimum Gasteiger partial charge on any atom is -0.381 e. The molecule has 0 radical (unpaired) electrons. The Kier molecular flexibility index (Phi) is 11.8. The molecule has 0 aromatic heterocycles. The van der Waals surface area contributed by atoms with Crippen LogP contribution in [-0.4, -0.2) is 62.9 Å². The molecule has 0 bridgehead atoms. The molecule has 0 spiro atoms. The second kappa shape index (κ2) is 14.4. The van der Waals surface area contributed by atoms with Crippen molar-refractivity contribution < 1.29 is 9.47 Å². The van der Waals surface area contributed by atoms with Gasteiger partial charge in [0, 0.05) is 32.8 Å². The van der Waals surface area contributed by atoms with Gasteiger partial charge >= 0.3 is 0 Å². The molecule has 0 aliphatic carbocycles. The van der Waals surface area contributed by atoms with Gasteiger partial charge in [0.25, 0.3) is 0 Å². The lowest BCUT2D eigenvalue weighted by atomic mass is 10.1. The highest BCUT2D eigenvalue weighted by atomic mass is 16.5.